The molecule has 0 aliphatic heterocycles. The summed E-state index contributed by atoms with van der Waals surface area (Å²) in [6, 6.07) is 0. The molecule has 2 rings (SSSR count). The second kappa shape index (κ2) is 5.31. The molecule has 0 saturated carbocycles. The number of carboxylic acids is 1. The van der Waals surface area contributed by atoms with Gasteiger partial charge in [0.25, 0.3) is 0 Å². The van der Waals surface area contributed by atoms with Crippen LogP contribution in [0.25, 0.3) is 0 Å². The maximum absolute atomic E-state index is 11.9. The van der Waals surface area contributed by atoms with E-state index in [4.69, 9.17) is 5.11 Å². The van der Waals surface area contributed by atoms with Crippen molar-refractivity contribution < 1.29 is 9.90 Å². The van der Waals surface area contributed by atoms with Crippen LogP contribution in [0.1, 0.15) is 22.6 Å². The van der Waals surface area contributed by atoms with Crippen LogP contribution < -0.4 is 5.69 Å². The Morgan fingerprint density at radius 2 is 2.21 bits per heavy atom. The van der Waals surface area contributed by atoms with E-state index in [1.807, 2.05) is 5.38 Å². The summed E-state index contributed by atoms with van der Waals surface area (Å²) in [6.07, 6.45) is -0.137. The van der Waals surface area contributed by atoms with E-state index in [1.54, 1.807) is 19.4 Å². The maximum Gasteiger partial charge on any atom is 0.348 e. The molecule has 0 unspecified atom stereocenters. The summed E-state index contributed by atoms with van der Waals surface area (Å²) in [6.45, 7) is 3.70. The molecule has 0 saturated heterocycles. The van der Waals surface area contributed by atoms with E-state index in [9.17, 15) is 9.59 Å². The highest BCUT2D eigenvalue weighted by Gasteiger charge is 2.14. The van der Waals surface area contributed by atoms with E-state index in [0.717, 1.165) is 5.69 Å². The minimum Gasteiger partial charge on any atom is -0.481 e. The van der Waals surface area contributed by atoms with E-state index in [2.05, 4.69) is 9.97 Å². The zero-order valence-corrected chi connectivity index (χ0v) is 11.4. The van der Waals surface area contributed by atoms with Crippen molar-refractivity contribution in [3.63, 3.8) is 0 Å². The Hall–Kier alpha value is -2.02. The highest BCUT2D eigenvalue weighted by atomic mass is 32.1. The largest absolute Gasteiger partial charge is 0.481 e. The fourth-order valence-electron chi connectivity index (χ4n) is 1.91. The summed E-state index contributed by atoms with van der Waals surface area (Å²) in [5.74, 6) is -0.938. The van der Waals surface area contributed by atoms with Crippen LogP contribution in [0, 0.1) is 13.8 Å². The Balaban J connectivity index is 2.48. The van der Waals surface area contributed by atoms with Crippen LogP contribution >= 0.6 is 11.3 Å². The number of carbonyl (C=O) groups is 1. The first-order valence-electron chi connectivity index (χ1n) is 5.65. The summed E-state index contributed by atoms with van der Waals surface area (Å²) in [4.78, 5) is 30.8. The van der Waals surface area contributed by atoms with E-state index >= 15 is 0 Å². The Kier molecular flexibility index (Phi) is 3.75. The smallest absolute Gasteiger partial charge is 0.348 e. The Labute approximate surface area is 113 Å². The highest BCUT2D eigenvalue weighted by Crippen LogP contribution is 2.12. The molecule has 0 aliphatic rings. The molecule has 0 aliphatic carbocycles. The first kappa shape index (κ1) is 13.4. The third-order valence-electron chi connectivity index (χ3n) is 2.90. The zero-order valence-electron chi connectivity index (χ0n) is 10.6. The molecule has 0 spiro atoms. The number of aryl methyl sites for hydroxylation is 1. The van der Waals surface area contributed by atoms with E-state index in [-0.39, 0.29) is 12.1 Å². The second-order valence-electron chi connectivity index (χ2n) is 4.18. The van der Waals surface area contributed by atoms with Crippen molar-refractivity contribution in [3.05, 3.63) is 44.0 Å². The third-order valence-corrected chi connectivity index (χ3v) is 3.54. The molecular weight excluding hydrogens is 266 g/mol. The van der Waals surface area contributed by atoms with Gasteiger partial charge < -0.3 is 5.11 Å². The number of hydrogen-bond donors (Lipinski definition) is 1. The average Bonchev–Trinajstić information content (AvgIpc) is 2.82. The number of hydrogen-bond acceptors (Lipinski definition) is 5. The molecule has 2 aromatic rings. The van der Waals surface area contributed by atoms with Gasteiger partial charge in [-0.25, -0.2) is 9.78 Å². The molecule has 0 fully saturated rings. The normalized spacial score (nSPS) is 10.6. The Bertz CT molecular complexity index is 662. The monoisotopic (exact) mass is 279 g/mol. The minimum absolute atomic E-state index is 0.137. The van der Waals surface area contributed by atoms with Crippen LogP contribution in [0.4, 0.5) is 0 Å². The second-order valence-corrected chi connectivity index (χ2v) is 4.90. The van der Waals surface area contributed by atoms with Gasteiger partial charge in [0.1, 0.15) is 0 Å². The van der Waals surface area contributed by atoms with Crippen molar-refractivity contribution in [2.24, 2.45) is 0 Å². The van der Waals surface area contributed by atoms with Crippen LogP contribution in [0.5, 0.6) is 0 Å². The molecule has 100 valence electrons. The number of rotatable bonds is 4. The quantitative estimate of drug-likeness (QED) is 0.902. The number of aromatic nitrogens is 3. The van der Waals surface area contributed by atoms with Crippen LogP contribution in [0.15, 0.2) is 15.7 Å². The predicted molar refractivity (Wildman–Crippen MR) is 70.5 cm³/mol. The molecular formula is C12H13N3O3S. The van der Waals surface area contributed by atoms with Crippen molar-refractivity contribution >= 4 is 17.3 Å². The molecule has 7 heteroatoms. The van der Waals surface area contributed by atoms with Crippen molar-refractivity contribution in [1.82, 2.24) is 14.5 Å². The molecule has 0 amide bonds. The molecule has 2 aromatic heterocycles. The lowest BCUT2D eigenvalue weighted by Gasteiger charge is -2.13. The Morgan fingerprint density at radius 1 is 1.47 bits per heavy atom. The fraction of sp³-hybridized carbons (Fsp3) is 0.333. The SMILES string of the molecule is Cc1nc(=O)n(Cc2cscn2)c(C)c1CC(=O)O. The van der Waals surface area contributed by atoms with Crippen LogP contribution in [0.3, 0.4) is 0 Å². The summed E-state index contributed by atoms with van der Waals surface area (Å²) >= 11 is 1.45. The first-order chi connectivity index (χ1) is 8.99. The van der Waals surface area contributed by atoms with Gasteiger partial charge in [0, 0.05) is 22.3 Å². The average molecular weight is 279 g/mol. The van der Waals surface area contributed by atoms with Gasteiger partial charge in [-0.15, -0.1) is 11.3 Å². The molecule has 0 radical (unpaired) electrons. The third kappa shape index (κ3) is 2.87. The topological polar surface area (TPSA) is 85.1 Å². The molecule has 1 N–H and O–H groups in total. The Morgan fingerprint density at radius 3 is 2.79 bits per heavy atom. The summed E-state index contributed by atoms with van der Waals surface area (Å²) in [5.41, 5.74) is 3.77. The maximum atomic E-state index is 11.9. The van der Waals surface area contributed by atoms with Crippen LogP contribution in [-0.4, -0.2) is 25.6 Å². The predicted octanol–water partition coefficient (Wildman–Crippen LogP) is 0.992. The lowest BCUT2D eigenvalue weighted by atomic mass is 10.1. The van der Waals surface area contributed by atoms with Gasteiger partial charge in [0.15, 0.2) is 0 Å². The van der Waals surface area contributed by atoms with Crippen molar-refractivity contribution in [3.8, 4) is 0 Å². The number of nitrogens with zero attached hydrogens (tertiary/aromatic N) is 3. The fourth-order valence-corrected chi connectivity index (χ4v) is 2.46. The molecule has 2 heterocycles. The van der Waals surface area contributed by atoms with Crippen LogP contribution in [0.2, 0.25) is 0 Å². The van der Waals surface area contributed by atoms with Gasteiger partial charge in [0.2, 0.25) is 0 Å². The van der Waals surface area contributed by atoms with Gasteiger partial charge in [-0.2, -0.15) is 4.98 Å². The zero-order chi connectivity index (χ0) is 14.0. The molecule has 6 nitrogen and oxygen atoms in total. The summed E-state index contributed by atoms with van der Waals surface area (Å²) < 4.78 is 1.46. The lowest BCUT2D eigenvalue weighted by molar-refractivity contribution is -0.136. The molecule has 0 bridgehead atoms. The van der Waals surface area contributed by atoms with E-state index in [0.29, 0.717) is 23.5 Å². The van der Waals surface area contributed by atoms with Gasteiger partial charge >= 0.3 is 11.7 Å². The van der Waals surface area contributed by atoms with Gasteiger partial charge in [-0.1, -0.05) is 0 Å². The summed E-state index contributed by atoms with van der Waals surface area (Å²) in [7, 11) is 0. The van der Waals surface area contributed by atoms with Gasteiger partial charge in [0.05, 0.1) is 24.2 Å². The van der Waals surface area contributed by atoms with E-state index < -0.39 is 5.97 Å². The molecule has 0 aromatic carbocycles. The van der Waals surface area contributed by atoms with Gasteiger partial charge in [-0.05, 0) is 13.8 Å². The highest BCUT2D eigenvalue weighted by molar-refractivity contribution is 7.07. The van der Waals surface area contributed by atoms with Crippen molar-refractivity contribution in [2.75, 3.05) is 0 Å². The summed E-state index contributed by atoms with van der Waals surface area (Å²) in [5, 5.41) is 10.8. The number of thiazole rings is 1. The lowest BCUT2D eigenvalue weighted by Crippen LogP contribution is -2.29. The number of aliphatic carboxylic acids is 1. The molecule has 0 atom stereocenters. The molecule has 19 heavy (non-hydrogen) atoms. The minimum atomic E-state index is -0.938. The van der Waals surface area contributed by atoms with Crippen LogP contribution in [-0.2, 0) is 17.8 Å². The first-order valence-corrected chi connectivity index (χ1v) is 6.59. The van der Waals surface area contributed by atoms with Crippen molar-refractivity contribution in [1.29, 1.82) is 0 Å². The van der Waals surface area contributed by atoms with Gasteiger partial charge in [-0.3, -0.25) is 9.36 Å². The number of carboxylic acid groups (broad SMARTS) is 1. The standard InChI is InChI=1S/C12H13N3O3S/c1-7-10(3-11(16)17)8(2)15(12(18)14-7)4-9-5-19-6-13-9/h5-6H,3-4H2,1-2H3,(H,16,17). The van der Waals surface area contributed by atoms with Crippen molar-refractivity contribution in [2.45, 2.75) is 26.8 Å². The van der Waals surface area contributed by atoms with E-state index in [1.165, 1.54) is 15.9 Å².